The van der Waals surface area contributed by atoms with E-state index in [1.807, 2.05) is 6.92 Å². The lowest BCUT2D eigenvalue weighted by atomic mass is 10.1. The summed E-state index contributed by atoms with van der Waals surface area (Å²) in [4.78, 5) is 39.3. The van der Waals surface area contributed by atoms with Crippen molar-refractivity contribution in [2.45, 2.75) is 23.3 Å². The number of rotatable bonds is 11. The van der Waals surface area contributed by atoms with Crippen molar-refractivity contribution in [3.05, 3.63) is 125 Å². The van der Waals surface area contributed by atoms with Crippen LogP contribution in [0.5, 0.6) is 17.2 Å². The average molecular weight is 721 g/mol. The van der Waals surface area contributed by atoms with Gasteiger partial charge in [0.15, 0.2) is 0 Å². The van der Waals surface area contributed by atoms with Gasteiger partial charge in [0.05, 0.1) is 25.3 Å². The molecular weight excluding hydrogens is 693 g/mol. The van der Waals surface area contributed by atoms with Gasteiger partial charge in [-0.15, -0.1) is 0 Å². The number of fused-ring (bicyclic) bond motifs is 1. The summed E-state index contributed by atoms with van der Waals surface area (Å²) in [6.07, 6.45) is 0.250. The monoisotopic (exact) mass is 720 g/mol. The van der Waals surface area contributed by atoms with E-state index in [1.54, 1.807) is 24.3 Å². The van der Waals surface area contributed by atoms with E-state index in [0.29, 0.717) is 22.3 Å². The molecule has 0 bridgehead atoms. The first kappa shape index (κ1) is 36.8. The molecule has 0 atom stereocenters. The summed E-state index contributed by atoms with van der Waals surface area (Å²) in [6, 6.07) is 24.8. The van der Waals surface area contributed by atoms with Gasteiger partial charge in [0, 0.05) is 0 Å². The lowest BCUT2D eigenvalue weighted by Gasteiger charge is -2.14. The Hall–Kier alpha value is -6.02. The molecule has 5 aromatic carbocycles. The number of esters is 2. The minimum atomic E-state index is -4.47. The lowest BCUT2D eigenvalue weighted by Crippen LogP contribution is -2.12. The van der Waals surface area contributed by atoms with Crippen molar-refractivity contribution in [2.75, 3.05) is 14.2 Å². The zero-order chi connectivity index (χ0) is 36.5. The first-order valence-electron chi connectivity index (χ1n) is 14.3. The summed E-state index contributed by atoms with van der Waals surface area (Å²) >= 11 is 0. The van der Waals surface area contributed by atoms with Crippen molar-refractivity contribution >= 4 is 49.1 Å². The van der Waals surface area contributed by atoms with Gasteiger partial charge >= 0.3 is 38.3 Å². The fourth-order valence-corrected chi connectivity index (χ4v) is 6.48. The maximum absolute atomic E-state index is 13.5. The third-order valence-corrected chi connectivity index (χ3v) is 9.41. The minimum absolute atomic E-state index is 0.0657. The first-order valence-corrected chi connectivity index (χ1v) is 17.1. The predicted octanol–water partition coefficient (Wildman–Crippen LogP) is 5.25. The standard InChI is InChI=1S/C34H28O11S2.CO2/c1-22-4-10-28(11-5-22)44-46(37,38)30-16-17-32-25(18-30)19-31(47(39,40)45-29-14-8-24(9-15-29)34(36)42-3)20-26(32)21-43-27-12-6-23(7-13-27)33(35)41-2;2-1-3/h4-20H,21H2,1-3H3;. The molecular formula is C35H28O13S2. The van der Waals surface area contributed by atoms with Gasteiger partial charge in [0.2, 0.25) is 0 Å². The Morgan fingerprint density at radius 1 is 0.600 bits per heavy atom. The average Bonchev–Trinajstić information content (AvgIpc) is 3.11. The highest BCUT2D eigenvalue weighted by molar-refractivity contribution is 7.87. The zero-order valence-corrected chi connectivity index (χ0v) is 28.3. The van der Waals surface area contributed by atoms with Gasteiger partial charge in [-0.3, -0.25) is 0 Å². The minimum Gasteiger partial charge on any atom is -0.489 e. The highest BCUT2D eigenvalue weighted by Gasteiger charge is 2.23. The van der Waals surface area contributed by atoms with Crippen molar-refractivity contribution in [3.63, 3.8) is 0 Å². The van der Waals surface area contributed by atoms with Gasteiger partial charge < -0.3 is 22.6 Å². The van der Waals surface area contributed by atoms with Crippen molar-refractivity contribution in [3.8, 4) is 17.2 Å². The number of aryl methyl sites for hydroxylation is 1. The number of hydrogen-bond acceptors (Lipinski definition) is 13. The Bertz CT molecular complexity index is 2260. The van der Waals surface area contributed by atoms with Crippen LogP contribution in [0, 0.1) is 6.92 Å². The van der Waals surface area contributed by atoms with E-state index in [0.717, 1.165) is 5.56 Å². The predicted molar refractivity (Wildman–Crippen MR) is 176 cm³/mol. The maximum Gasteiger partial charge on any atom is 0.373 e. The van der Waals surface area contributed by atoms with Crippen molar-refractivity contribution < 1.29 is 58.6 Å². The molecule has 0 amide bonds. The number of carbonyl (C=O) groups is 2. The topological polar surface area (TPSA) is 183 Å². The van der Waals surface area contributed by atoms with Crippen LogP contribution in [-0.2, 0) is 45.9 Å². The highest BCUT2D eigenvalue weighted by atomic mass is 32.2. The molecule has 0 fully saturated rings. The number of ether oxygens (including phenoxy) is 3. The van der Waals surface area contributed by atoms with Crippen molar-refractivity contribution in [2.24, 2.45) is 0 Å². The molecule has 5 rings (SSSR count). The molecule has 0 aliphatic rings. The molecule has 0 aliphatic heterocycles. The highest BCUT2D eigenvalue weighted by Crippen LogP contribution is 2.30. The second-order valence-corrected chi connectivity index (χ2v) is 13.3. The lowest BCUT2D eigenvalue weighted by molar-refractivity contribution is -0.191. The van der Waals surface area contributed by atoms with Gasteiger partial charge in [0.1, 0.15) is 33.6 Å². The molecule has 0 unspecified atom stereocenters. The summed E-state index contributed by atoms with van der Waals surface area (Å²) in [5.74, 6) is -0.685. The van der Waals surface area contributed by atoms with Crippen LogP contribution in [-0.4, -0.2) is 49.1 Å². The van der Waals surface area contributed by atoms with Crippen LogP contribution in [0.15, 0.2) is 113 Å². The first-order chi connectivity index (χ1) is 23.8. The van der Waals surface area contributed by atoms with E-state index in [-0.39, 0.29) is 45.0 Å². The van der Waals surface area contributed by atoms with E-state index < -0.39 is 32.2 Å². The van der Waals surface area contributed by atoms with Crippen LogP contribution in [0.2, 0.25) is 0 Å². The van der Waals surface area contributed by atoms with Crippen LogP contribution in [0.4, 0.5) is 0 Å². The molecule has 50 heavy (non-hydrogen) atoms. The van der Waals surface area contributed by atoms with Crippen molar-refractivity contribution in [1.82, 2.24) is 0 Å². The van der Waals surface area contributed by atoms with E-state index in [4.69, 9.17) is 27.4 Å². The van der Waals surface area contributed by atoms with Crippen LogP contribution >= 0.6 is 0 Å². The van der Waals surface area contributed by atoms with E-state index in [2.05, 4.69) is 4.74 Å². The second-order valence-electron chi connectivity index (χ2n) is 10.3. The van der Waals surface area contributed by atoms with Gasteiger partial charge in [-0.1, -0.05) is 23.8 Å². The molecule has 13 nitrogen and oxygen atoms in total. The second kappa shape index (κ2) is 15.9. The fourth-order valence-electron chi connectivity index (χ4n) is 4.49. The SMILES string of the molecule is COC(=O)c1ccc(OCc2cc(S(=O)(=O)Oc3ccc(C(=O)OC)cc3)cc3cc(S(=O)(=O)Oc4ccc(C)cc4)ccc23)cc1.O=C=O. The Kier molecular flexibility index (Phi) is 11.7. The molecule has 0 saturated heterocycles. The van der Waals surface area contributed by atoms with Gasteiger partial charge in [0.25, 0.3) is 0 Å². The quantitative estimate of drug-likeness (QED) is 0.127. The number of methoxy groups -OCH3 is 2. The van der Waals surface area contributed by atoms with Crippen molar-refractivity contribution in [1.29, 1.82) is 0 Å². The summed E-state index contributed by atoms with van der Waals surface area (Å²) in [6.45, 7) is 1.73. The van der Waals surface area contributed by atoms with E-state index in [1.165, 1.54) is 93.1 Å². The number of benzene rings is 5. The molecule has 0 spiro atoms. The number of carbonyl (C=O) groups excluding carboxylic acids is 4. The molecule has 0 aromatic heterocycles. The van der Waals surface area contributed by atoms with Gasteiger partial charge in [-0.25, -0.2) is 9.59 Å². The summed E-state index contributed by atoms with van der Waals surface area (Å²) in [5.41, 5.74) is 1.83. The van der Waals surface area contributed by atoms with Gasteiger partial charge in [-0.2, -0.15) is 26.4 Å². The largest absolute Gasteiger partial charge is 0.489 e. The van der Waals surface area contributed by atoms with Crippen LogP contribution in [0.1, 0.15) is 31.8 Å². The summed E-state index contributed by atoms with van der Waals surface area (Å²) in [7, 11) is -6.28. The van der Waals surface area contributed by atoms with Gasteiger partial charge in [-0.05, 0) is 108 Å². The fraction of sp³-hybridized carbons (Fsp3) is 0.114. The van der Waals surface area contributed by atoms with E-state index >= 15 is 0 Å². The molecule has 0 aliphatic carbocycles. The Morgan fingerprint density at radius 2 is 1.04 bits per heavy atom. The smallest absolute Gasteiger partial charge is 0.373 e. The molecule has 258 valence electrons. The Morgan fingerprint density at radius 3 is 1.54 bits per heavy atom. The molecule has 0 heterocycles. The van der Waals surface area contributed by atoms with Crippen LogP contribution in [0.3, 0.4) is 0 Å². The maximum atomic E-state index is 13.5. The van der Waals surface area contributed by atoms with Crippen LogP contribution in [0.25, 0.3) is 10.8 Å². The zero-order valence-electron chi connectivity index (χ0n) is 26.6. The molecule has 0 N–H and O–H groups in total. The molecule has 5 aromatic rings. The summed E-state index contributed by atoms with van der Waals surface area (Å²) in [5, 5.41) is 0.760. The Balaban J connectivity index is 0.00000181. The molecule has 15 heteroatoms. The third-order valence-electron chi connectivity index (χ3n) is 6.94. The van der Waals surface area contributed by atoms with Crippen LogP contribution < -0.4 is 13.1 Å². The van der Waals surface area contributed by atoms with E-state index in [9.17, 15) is 26.4 Å². The molecule has 0 radical (unpaired) electrons. The summed E-state index contributed by atoms with van der Waals surface area (Å²) < 4.78 is 79.3. The third kappa shape index (κ3) is 9.11. The normalized spacial score (nSPS) is 10.9. The number of hydrogen-bond donors (Lipinski definition) is 0. The molecule has 0 saturated carbocycles. The Labute approximate surface area is 287 Å².